The van der Waals surface area contributed by atoms with Crippen LogP contribution in [0.2, 0.25) is 0 Å². The van der Waals surface area contributed by atoms with Gasteiger partial charge in [-0.2, -0.15) is 0 Å². The molecule has 4 nitrogen and oxygen atoms in total. The molecule has 0 aliphatic carbocycles. The molecule has 0 bridgehead atoms. The Morgan fingerprint density at radius 3 is 2.30 bits per heavy atom. The highest BCUT2D eigenvalue weighted by Crippen LogP contribution is 2.25. The van der Waals surface area contributed by atoms with Gasteiger partial charge in [0.1, 0.15) is 5.82 Å². The van der Waals surface area contributed by atoms with Gasteiger partial charge in [0.05, 0.1) is 5.56 Å². The van der Waals surface area contributed by atoms with Crippen LogP contribution in [0.1, 0.15) is 41.4 Å². The number of hydrogen-bond donors (Lipinski definition) is 0. The van der Waals surface area contributed by atoms with Gasteiger partial charge in [-0.3, -0.25) is 14.6 Å². The highest BCUT2D eigenvalue weighted by Gasteiger charge is 2.14. The van der Waals surface area contributed by atoms with Crippen molar-refractivity contribution in [3.05, 3.63) is 83.4 Å². The molecule has 0 saturated heterocycles. The third-order valence-corrected chi connectivity index (χ3v) is 5.15. The Bertz CT molecular complexity index is 1040. The molecule has 3 rings (SSSR count). The number of hydrogen-bond acceptors (Lipinski definition) is 3. The number of benzene rings is 2. The molecule has 0 atom stereocenters. The van der Waals surface area contributed by atoms with E-state index in [-0.39, 0.29) is 23.7 Å². The zero-order valence-electron chi connectivity index (χ0n) is 17.5. The van der Waals surface area contributed by atoms with E-state index in [2.05, 4.69) is 4.98 Å². The van der Waals surface area contributed by atoms with Crippen LogP contribution in [-0.4, -0.2) is 23.7 Å². The minimum Gasteiger partial charge on any atom is -0.316 e. The van der Waals surface area contributed by atoms with Gasteiger partial charge in [-0.05, 0) is 60.4 Å². The Morgan fingerprint density at radius 2 is 1.70 bits per heavy atom. The molecule has 0 saturated carbocycles. The fraction of sp³-hybridized carbons (Fsp3) is 0.240. The maximum absolute atomic E-state index is 14.6. The number of Topliss-reactive ketones (excluding diaryl/α,β-unsaturated/α-hetero) is 1. The summed E-state index contributed by atoms with van der Waals surface area (Å²) in [6, 6.07) is 15.9. The molecule has 30 heavy (non-hydrogen) atoms. The van der Waals surface area contributed by atoms with Crippen molar-refractivity contribution < 1.29 is 14.0 Å². The second-order valence-electron chi connectivity index (χ2n) is 7.28. The molecule has 5 heteroatoms. The predicted molar refractivity (Wildman–Crippen MR) is 117 cm³/mol. The average Bonchev–Trinajstić information content (AvgIpc) is 2.77. The lowest BCUT2D eigenvalue weighted by molar-refractivity contribution is -0.118. The quantitative estimate of drug-likeness (QED) is 0.497. The van der Waals surface area contributed by atoms with Crippen LogP contribution in [0.5, 0.6) is 0 Å². The van der Waals surface area contributed by atoms with Crippen LogP contribution >= 0.6 is 0 Å². The van der Waals surface area contributed by atoms with Gasteiger partial charge < -0.3 is 4.90 Å². The van der Waals surface area contributed by atoms with Gasteiger partial charge in [0, 0.05) is 37.5 Å². The third kappa shape index (κ3) is 4.98. The van der Waals surface area contributed by atoms with Gasteiger partial charge >= 0.3 is 0 Å². The van der Waals surface area contributed by atoms with Crippen molar-refractivity contribution in [1.29, 1.82) is 0 Å². The Labute approximate surface area is 176 Å². The number of halogens is 1. The van der Waals surface area contributed by atoms with Gasteiger partial charge in [0.15, 0.2) is 5.78 Å². The number of carbonyl (C=O) groups excluding carboxylic acids is 2. The molecular formula is C25H25FN2O2. The Kier molecular flexibility index (Phi) is 6.72. The van der Waals surface area contributed by atoms with Crippen LogP contribution in [0, 0.1) is 12.7 Å². The number of rotatable bonds is 7. The second-order valence-corrected chi connectivity index (χ2v) is 7.28. The van der Waals surface area contributed by atoms with Gasteiger partial charge in [-0.15, -0.1) is 0 Å². The summed E-state index contributed by atoms with van der Waals surface area (Å²) < 4.78 is 14.6. The minimum absolute atomic E-state index is 0.0260. The van der Waals surface area contributed by atoms with Crippen molar-refractivity contribution in [2.24, 2.45) is 0 Å². The van der Waals surface area contributed by atoms with Crippen LogP contribution in [0.4, 0.5) is 10.1 Å². The molecule has 0 aliphatic rings. The lowest BCUT2D eigenvalue weighted by Gasteiger charge is -2.16. The predicted octanol–water partition coefficient (Wildman–Crippen LogP) is 5.38. The summed E-state index contributed by atoms with van der Waals surface area (Å²) in [5.41, 5.74) is 4.26. The van der Waals surface area contributed by atoms with E-state index in [9.17, 15) is 14.0 Å². The van der Waals surface area contributed by atoms with E-state index in [1.807, 2.05) is 50.2 Å². The monoisotopic (exact) mass is 404 g/mol. The standard InChI is InChI=1S/C25H25FN2O2/c1-4-25(30)28(3)21-11-8-19(9-12-21)20-10-13-22(23(26)15-20)24(29)14-7-18-6-5-17(2)27-16-18/h5-6,8-13,15-16H,4,7,14H2,1-3H3. The van der Waals surface area contributed by atoms with Gasteiger partial charge in [0.2, 0.25) is 5.91 Å². The van der Waals surface area contributed by atoms with E-state index in [1.165, 1.54) is 6.07 Å². The molecule has 1 amide bonds. The first kappa shape index (κ1) is 21.4. The van der Waals surface area contributed by atoms with Gasteiger partial charge in [-0.1, -0.05) is 31.2 Å². The van der Waals surface area contributed by atoms with Crippen molar-refractivity contribution in [2.75, 3.05) is 11.9 Å². The molecule has 3 aromatic rings. The largest absolute Gasteiger partial charge is 0.316 e. The summed E-state index contributed by atoms with van der Waals surface area (Å²) in [5, 5.41) is 0. The molecule has 154 valence electrons. The fourth-order valence-electron chi connectivity index (χ4n) is 3.22. The number of pyridine rings is 1. The number of aryl methyl sites for hydroxylation is 2. The first-order valence-electron chi connectivity index (χ1n) is 10.00. The maximum Gasteiger partial charge on any atom is 0.226 e. The van der Waals surface area contributed by atoms with Crippen molar-refractivity contribution >= 4 is 17.4 Å². The van der Waals surface area contributed by atoms with E-state index in [4.69, 9.17) is 0 Å². The summed E-state index contributed by atoms with van der Waals surface area (Å²) >= 11 is 0. The fourth-order valence-corrected chi connectivity index (χ4v) is 3.22. The zero-order chi connectivity index (χ0) is 21.7. The topological polar surface area (TPSA) is 50.3 Å². The van der Waals surface area contributed by atoms with E-state index in [0.717, 1.165) is 22.5 Å². The van der Waals surface area contributed by atoms with Crippen LogP contribution in [-0.2, 0) is 11.2 Å². The number of nitrogens with zero attached hydrogens (tertiary/aromatic N) is 2. The second kappa shape index (κ2) is 9.44. The van der Waals surface area contributed by atoms with Crippen LogP contribution in [0.15, 0.2) is 60.8 Å². The molecule has 0 aliphatic heterocycles. The molecule has 0 fully saturated rings. The maximum atomic E-state index is 14.6. The number of anilines is 1. The van der Waals surface area contributed by atoms with Crippen LogP contribution in [0.25, 0.3) is 11.1 Å². The average molecular weight is 404 g/mol. The lowest BCUT2D eigenvalue weighted by Crippen LogP contribution is -2.24. The molecule has 1 aromatic heterocycles. The summed E-state index contributed by atoms with van der Waals surface area (Å²) in [5.74, 6) is -0.727. The molecule has 0 unspecified atom stereocenters. The first-order chi connectivity index (χ1) is 14.4. The van der Waals surface area contributed by atoms with E-state index in [0.29, 0.717) is 18.4 Å². The number of aromatic nitrogens is 1. The van der Waals surface area contributed by atoms with Crippen molar-refractivity contribution in [3.63, 3.8) is 0 Å². The SMILES string of the molecule is CCC(=O)N(C)c1ccc(-c2ccc(C(=O)CCc3ccc(C)nc3)c(F)c2)cc1. The Hall–Kier alpha value is -3.34. The molecule has 0 N–H and O–H groups in total. The van der Waals surface area contributed by atoms with Gasteiger partial charge in [0.25, 0.3) is 0 Å². The van der Waals surface area contributed by atoms with Crippen LogP contribution in [0.3, 0.4) is 0 Å². The Morgan fingerprint density at radius 1 is 1.00 bits per heavy atom. The minimum atomic E-state index is -0.526. The molecular weight excluding hydrogens is 379 g/mol. The summed E-state index contributed by atoms with van der Waals surface area (Å²) in [6.45, 7) is 3.72. The number of ketones is 1. The zero-order valence-corrected chi connectivity index (χ0v) is 17.5. The smallest absolute Gasteiger partial charge is 0.226 e. The summed E-state index contributed by atoms with van der Waals surface area (Å²) in [6.07, 6.45) is 2.93. The number of amides is 1. The molecule has 2 aromatic carbocycles. The van der Waals surface area contributed by atoms with Crippen molar-refractivity contribution in [3.8, 4) is 11.1 Å². The van der Waals surface area contributed by atoms with Crippen LogP contribution < -0.4 is 4.90 Å². The van der Waals surface area contributed by atoms with Gasteiger partial charge in [-0.25, -0.2) is 4.39 Å². The number of carbonyl (C=O) groups is 2. The Balaban J connectivity index is 1.70. The highest BCUT2D eigenvalue weighted by atomic mass is 19.1. The van der Waals surface area contributed by atoms with E-state index >= 15 is 0 Å². The highest BCUT2D eigenvalue weighted by molar-refractivity contribution is 5.97. The summed E-state index contributed by atoms with van der Waals surface area (Å²) in [4.78, 5) is 30.1. The first-order valence-corrected chi connectivity index (χ1v) is 10.00. The normalized spacial score (nSPS) is 10.7. The summed E-state index contributed by atoms with van der Waals surface area (Å²) in [7, 11) is 1.73. The molecule has 0 radical (unpaired) electrons. The van der Waals surface area contributed by atoms with E-state index in [1.54, 1.807) is 30.3 Å². The van der Waals surface area contributed by atoms with Crippen molar-refractivity contribution in [2.45, 2.75) is 33.1 Å². The molecule has 1 heterocycles. The third-order valence-electron chi connectivity index (χ3n) is 5.15. The van der Waals surface area contributed by atoms with E-state index < -0.39 is 5.82 Å². The van der Waals surface area contributed by atoms with Crippen molar-refractivity contribution in [1.82, 2.24) is 4.98 Å². The lowest BCUT2D eigenvalue weighted by atomic mass is 9.99. The molecule has 0 spiro atoms.